The SMILES string of the molecule is CCCC(F)(C(=O)OCC1CCC(C)(C)O1)S(=O)(=O)O. The van der Waals surface area contributed by atoms with Crippen LogP contribution < -0.4 is 0 Å². The number of rotatable bonds is 6. The molecule has 1 aliphatic rings. The maximum atomic E-state index is 14.2. The minimum atomic E-state index is -5.18. The molecule has 0 spiro atoms. The molecule has 1 saturated heterocycles. The Balaban J connectivity index is 2.65. The Kier molecular flexibility index (Phi) is 5.15. The van der Waals surface area contributed by atoms with Gasteiger partial charge in [0.15, 0.2) is 0 Å². The first-order chi connectivity index (χ1) is 9.02. The largest absolute Gasteiger partial charge is 0.460 e. The van der Waals surface area contributed by atoms with Gasteiger partial charge in [0.25, 0.3) is 0 Å². The Morgan fingerprint density at radius 2 is 2.15 bits per heavy atom. The van der Waals surface area contributed by atoms with E-state index in [4.69, 9.17) is 9.29 Å². The number of ether oxygens (including phenoxy) is 2. The molecule has 0 aromatic carbocycles. The van der Waals surface area contributed by atoms with Crippen molar-refractivity contribution >= 4 is 16.1 Å². The molecule has 0 amide bonds. The highest BCUT2D eigenvalue weighted by molar-refractivity contribution is 7.87. The van der Waals surface area contributed by atoms with Crippen LogP contribution in [0.4, 0.5) is 4.39 Å². The van der Waals surface area contributed by atoms with Gasteiger partial charge in [-0.1, -0.05) is 13.3 Å². The van der Waals surface area contributed by atoms with E-state index in [1.165, 1.54) is 6.92 Å². The van der Waals surface area contributed by atoms with E-state index < -0.39 is 27.5 Å². The van der Waals surface area contributed by atoms with Crippen LogP contribution in [0.2, 0.25) is 0 Å². The van der Waals surface area contributed by atoms with E-state index in [2.05, 4.69) is 4.74 Å². The predicted molar refractivity (Wildman–Crippen MR) is 69.4 cm³/mol. The molecular formula is C12H21FO6S. The third-order valence-electron chi connectivity index (χ3n) is 3.24. The zero-order chi connectivity index (χ0) is 15.6. The summed E-state index contributed by atoms with van der Waals surface area (Å²) in [4.78, 5) is 11.6. The van der Waals surface area contributed by atoms with Crippen LogP contribution in [0.1, 0.15) is 46.5 Å². The molecule has 0 aromatic rings. The van der Waals surface area contributed by atoms with Crippen LogP contribution in [-0.4, -0.2) is 42.3 Å². The lowest BCUT2D eigenvalue weighted by molar-refractivity contribution is -0.158. The van der Waals surface area contributed by atoms with Crippen LogP contribution in [0, 0.1) is 0 Å². The zero-order valence-corrected chi connectivity index (χ0v) is 12.7. The number of esters is 1. The summed E-state index contributed by atoms with van der Waals surface area (Å²) in [7, 11) is -5.18. The van der Waals surface area contributed by atoms with Crippen LogP contribution in [-0.2, 0) is 24.4 Å². The van der Waals surface area contributed by atoms with Crippen molar-refractivity contribution in [1.29, 1.82) is 0 Å². The number of halogens is 1. The van der Waals surface area contributed by atoms with Gasteiger partial charge in [0.2, 0.25) is 0 Å². The Bertz CT molecular complexity index is 461. The lowest BCUT2D eigenvalue weighted by atomic mass is 10.1. The molecule has 118 valence electrons. The second kappa shape index (κ2) is 5.95. The van der Waals surface area contributed by atoms with Crippen molar-refractivity contribution in [1.82, 2.24) is 0 Å². The first kappa shape index (κ1) is 17.3. The van der Waals surface area contributed by atoms with Gasteiger partial charge >= 0.3 is 21.1 Å². The minimum absolute atomic E-state index is 0.0678. The van der Waals surface area contributed by atoms with Crippen molar-refractivity contribution in [3.05, 3.63) is 0 Å². The van der Waals surface area contributed by atoms with Crippen molar-refractivity contribution in [2.24, 2.45) is 0 Å². The van der Waals surface area contributed by atoms with Crippen LogP contribution in [0.15, 0.2) is 0 Å². The van der Waals surface area contributed by atoms with Gasteiger partial charge in [0, 0.05) is 6.42 Å². The monoisotopic (exact) mass is 312 g/mol. The average Bonchev–Trinajstić information content (AvgIpc) is 2.64. The Morgan fingerprint density at radius 3 is 2.55 bits per heavy atom. The minimum Gasteiger partial charge on any atom is -0.460 e. The summed E-state index contributed by atoms with van der Waals surface area (Å²) in [6.07, 6.45) is 0.434. The van der Waals surface area contributed by atoms with Gasteiger partial charge in [-0.05, 0) is 26.7 Å². The quantitative estimate of drug-likeness (QED) is 0.594. The van der Waals surface area contributed by atoms with Gasteiger partial charge in [-0.3, -0.25) is 4.55 Å². The Labute approximate surface area is 118 Å². The summed E-state index contributed by atoms with van der Waals surface area (Å²) in [5.74, 6) is -1.59. The average molecular weight is 312 g/mol. The van der Waals surface area contributed by atoms with E-state index in [1.54, 1.807) is 0 Å². The summed E-state index contributed by atoms with van der Waals surface area (Å²) in [5.41, 5.74) is -0.337. The number of carbonyl (C=O) groups is 1. The lowest BCUT2D eigenvalue weighted by Gasteiger charge is -2.22. The highest BCUT2D eigenvalue weighted by Gasteiger charge is 2.52. The van der Waals surface area contributed by atoms with Crippen LogP contribution in [0.25, 0.3) is 0 Å². The van der Waals surface area contributed by atoms with Crippen LogP contribution in [0.3, 0.4) is 0 Å². The molecule has 0 aromatic heterocycles. The summed E-state index contributed by atoms with van der Waals surface area (Å²) in [6, 6.07) is 0. The number of hydrogen-bond acceptors (Lipinski definition) is 5. The van der Waals surface area contributed by atoms with Gasteiger partial charge < -0.3 is 9.47 Å². The van der Waals surface area contributed by atoms with Gasteiger partial charge in [-0.2, -0.15) is 8.42 Å². The van der Waals surface area contributed by atoms with E-state index in [0.717, 1.165) is 6.42 Å². The van der Waals surface area contributed by atoms with Gasteiger partial charge in [0.05, 0.1) is 11.7 Å². The summed E-state index contributed by atoms with van der Waals surface area (Å²) in [5, 5.41) is -3.41. The van der Waals surface area contributed by atoms with Gasteiger partial charge in [-0.25, -0.2) is 9.18 Å². The van der Waals surface area contributed by atoms with E-state index >= 15 is 0 Å². The van der Waals surface area contributed by atoms with E-state index in [0.29, 0.717) is 6.42 Å². The topological polar surface area (TPSA) is 89.9 Å². The molecule has 1 rings (SSSR count). The molecule has 6 nitrogen and oxygen atoms in total. The third-order valence-corrected chi connectivity index (χ3v) is 4.43. The molecule has 1 fully saturated rings. The molecule has 0 aliphatic carbocycles. The van der Waals surface area contributed by atoms with Crippen molar-refractivity contribution in [2.45, 2.75) is 63.2 Å². The van der Waals surface area contributed by atoms with Crippen LogP contribution in [0.5, 0.6) is 0 Å². The van der Waals surface area contributed by atoms with E-state index in [9.17, 15) is 17.6 Å². The lowest BCUT2D eigenvalue weighted by Crippen LogP contribution is -2.44. The molecule has 8 heteroatoms. The summed E-state index contributed by atoms with van der Waals surface area (Å²) < 4.78 is 55.3. The fourth-order valence-electron chi connectivity index (χ4n) is 2.13. The maximum Gasteiger partial charge on any atom is 0.362 e. The molecule has 1 N–H and O–H groups in total. The zero-order valence-electron chi connectivity index (χ0n) is 11.9. The van der Waals surface area contributed by atoms with Crippen LogP contribution >= 0.6 is 0 Å². The Hall–Kier alpha value is -0.730. The van der Waals surface area contributed by atoms with E-state index in [1.807, 2.05) is 13.8 Å². The molecule has 1 aliphatic heterocycles. The number of hydrogen-bond donors (Lipinski definition) is 1. The molecule has 20 heavy (non-hydrogen) atoms. The van der Waals surface area contributed by atoms with Gasteiger partial charge in [-0.15, -0.1) is 0 Å². The summed E-state index contributed by atoms with van der Waals surface area (Å²) in [6.45, 7) is 5.02. The van der Waals surface area contributed by atoms with Crippen molar-refractivity contribution in [3.8, 4) is 0 Å². The second-order valence-corrected chi connectivity index (χ2v) is 7.19. The highest BCUT2D eigenvalue weighted by atomic mass is 32.2. The van der Waals surface area contributed by atoms with Crippen molar-refractivity contribution in [2.75, 3.05) is 6.61 Å². The molecule has 0 saturated carbocycles. The second-order valence-electron chi connectivity index (χ2n) is 5.59. The molecular weight excluding hydrogens is 291 g/mol. The standard InChI is InChI=1S/C12H21FO6S/c1-4-6-12(13,20(15,16)17)10(14)18-8-9-5-7-11(2,3)19-9/h9H,4-8H2,1-3H3,(H,15,16,17). The first-order valence-electron chi connectivity index (χ1n) is 6.53. The van der Waals surface area contributed by atoms with Crippen molar-refractivity contribution in [3.63, 3.8) is 0 Å². The molecule has 0 radical (unpaired) electrons. The normalized spacial score (nSPS) is 25.1. The van der Waals surface area contributed by atoms with Crippen molar-refractivity contribution < 1.29 is 31.6 Å². The van der Waals surface area contributed by atoms with E-state index in [-0.39, 0.29) is 24.7 Å². The predicted octanol–water partition coefficient (Wildman–Crippen LogP) is 1.84. The molecule has 2 unspecified atom stereocenters. The summed E-state index contributed by atoms with van der Waals surface area (Å²) >= 11 is 0. The third kappa shape index (κ3) is 3.89. The molecule has 0 bridgehead atoms. The fraction of sp³-hybridized carbons (Fsp3) is 0.917. The first-order valence-corrected chi connectivity index (χ1v) is 7.97. The molecule has 2 atom stereocenters. The Morgan fingerprint density at radius 1 is 1.55 bits per heavy atom. The maximum absolute atomic E-state index is 14.2. The fourth-order valence-corrected chi connectivity index (χ4v) is 2.86. The molecule has 1 heterocycles. The smallest absolute Gasteiger partial charge is 0.362 e. The van der Waals surface area contributed by atoms with Gasteiger partial charge in [0.1, 0.15) is 6.61 Å². The highest BCUT2D eigenvalue weighted by Crippen LogP contribution is 2.31. The number of carbonyl (C=O) groups excluding carboxylic acids is 1. The number of alkyl halides is 1.